The Morgan fingerprint density at radius 3 is 2.81 bits per heavy atom. The van der Waals surface area contributed by atoms with Crippen LogP contribution in [0.3, 0.4) is 0 Å². The third-order valence-corrected chi connectivity index (χ3v) is 2.57. The fraction of sp³-hybridized carbons (Fsp3) is 0.300. The zero-order valence-electron chi connectivity index (χ0n) is 8.68. The molecule has 5 nitrogen and oxygen atoms in total. The van der Waals surface area contributed by atoms with E-state index in [1.807, 2.05) is 0 Å². The molecule has 84 valence electrons. The highest BCUT2D eigenvalue weighted by Crippen LogP contribution is 2.14. The van der Waals surface area contributed by atoms with Crippen LogP contribution in [0.1, 0.15) is 5.56 Å². The Balaban J connectivity index is 2.16. The SMILES string of the molecule is CN1CC(=O)N(Cc2ccnc(Cl)c2)C1=O. The van der Waals surface area contributed by atoms with Crippen LogP contribution in [-0.4, -0.2) is 40.3 Å². The molecule has 1 fully saturated rings. The van der Waals surface area contributed by atoms with Crippen molar-refractivity contribution in [3.63, 3.8) is 0 Å². The fourth-order valence-electron chi connectivity index (χ4n) is 1.55. The lowest BCUT2D eigenvalue weighted by atomic mass is 10.2. The molecule has 0 bridgehead atoms. The van der Waals surface area contributed by atoms with Crippen LogP contribution >= 0.6 is 11.6 Å². The van der Waals surface area contributed by atoms with Gasteiger partial charge in [0.1, 0.15) is 11.7 Å². The average Bonchev–Trinajstić information content (AvgIpc) is 2.45. The molecule has 0 aliphatic carbocycles. The number of rotatable bonds is 2. The predicted molar refractivity (Wildman–Crippen MR) is 57.8 cm³/mol. The first kappa shape index (κ1) is 10.9. The van der Waals surface area contributed by atoms with Crippen LogP contribution in [0.5, 0.6) is 0 Å². The molecule has 1 aromatic heterocycles. The third-order valence-electron chi connectivity index (χ3n) is 2.36. The smallest absolute Gasteiger partial charge is 0.318 e. The molecule has 1 aliphatic rings. The first-order valence-electron chi connectivity index (χ1n) is 4.74. The lowest BCUT2D eigenvalue weighted by Crippen LogP contribution is -2.31. The second kappa shape index (κ2) is 4.09. The van der Waals surface area contributed by atoms with Crippen molar-refractivity contribution in [2.24, 2.45) is 0 Å². The highest BCUT2D eigenvalue weighted by atomic mass is 35.5. The lowest BCUT2D eigenvalue weighted by molar-refractivity contribution is -0.125. The van der Waals surface area contributed by atoms with Crippen LogP contribution in [-0.2, 0) is 11.3 Å². The molecule has 0 unspecified atom stereocenters. The Kier molecular flexibility index (Phi) is 2.78. The molecule has 0 atom stereocenters. The average molecular weight is 240 g/mol. The number of nitrogens with zero attached hydrogens (tertiary/aromatic N) is 3. The molecule has 0 N–H and O–H groups in total. The van der Waals surface area contributed by atoms with Gasteiger partial charge < -0.3 is 4.90 Å². The maximum atomic E-state index is 11.6. The standard InChI is InChI=1S/C10H10ClN3O2/c1-13-6-9(15)14(10(13)16)5-7-2-3-12-8(11)4-7/h2-4H,5-6H2,1H3. The number of halogens is 1. The van der Waals surface area contributed by atoms with Gasteiger partial charge in [-0.05, 0) is 17.7 Å². The molecule has 1 aliphatic heterocycles. The summed E-state index contributed by atoms with van der Waals surface area (Å²) < 4.78 is 0. The van der Waals surface area contributed by atoms with Gasteiger partial charge in [-0.1, -0.05) is 11.6 Å². The van der Waals surface area contributed by atoms with E-state index in [1.54, 1.807) is 25.4 Å². The number of urea groups is 1. The zero-order valence-corrected chi connectivity index (χ0v) is 9.44. The summed E-state index contributed by atoms with van der Waals surface area (Å²) in [5, 5.41) is 0.352. The number of hydrogen-bond acceptors (Lipinski definition) is 3. The van der Waals surface area contributed by atoms with Gasteiger partial charge in [0.05, 0.1) is 6.54 Å². The monoisotopic (exact) mass is 239 g/mol. The zero-order chi connectivity index (χ0) is 11.7. The van der Waals surface area contributed by atoms with Gasteiger partial charge in [0.25, 0.3) is 5.91 Å². The van der Waals surface area contributed by atoms with Gasteiger partial charge in [0.15, 0.2) is 0 Å². The van der Waals surface area contributed by atoms with Gasteiger partial charge in [-0.15, -0.1) is 0 Å². The molecular formula is C10H10ClN3O2. The summed E-state index contributed by atoms with van der Waals surface area (Å²) in [6.07, 6.45) is 1.55. The van der Waals surface area contributed by atoms with E-state index in [1.165, 1.54) is 9.80 Å². The maximum Gasteiger partial charge on any atom is 0.327 e. The normalized spacial score (nSPS) is 16.1. The quantitative estimate of drug-likeness (QED) is 0.574. The van der Waals surface area contributed by atoms with Gasteiger partial charge in [0, 0.05) is 13.2 Å². The van der Waals surface area contributed by atoms with E-state index >= 15 is 0 Å². The molecule has 6 heteroatoms. The Morgan fingerprint density at radius 1 is 1.50 bits per heavy atom. The number of pyridine rings is 1. The summed E-state index contributed by atoms with van der Waals surface area (Å²) in [7, 11) is 1.60. The van der Waals surface area contributed by atoms with E-state index < -0.39 is 0 Å². The van der Waals surface area contributed by atoms with Crippen molar-refractivity contribution in [1.29, 1.82) is 0 Å². The Hall–Kier alpha value is -1.62. The topological polar surface area (TPSA) is 53.5 Å². The second-order valence-corrected chi connectivity index (χ2v) is 3.99. The minimum atomic E-state index is -0.280. The van der Waals surface area contributed by atoms with Crippen LogP contribution in [0.2, 0.25) is 5.15 Å². The minimum absolute atomic E-state index is 0.137. The molecule has 1 saturated heterocycles. The van der Waals surface area contributed by atoms with Gasteiger partial charge in [-0.2, -0.15) is 0 Å². The predicted octanol–water partition coefficient (Wildman–Crippen LogP) is 1.13. The van der Waals surface area contributed by atoms with Gasteiger partial charge in [-0.3, -0.25) is 9.69 Å². The number of aromatic nitrogens is 1. The highest BCUT2D eigenvalue weighted by Gasteiger charge is 2.33. The van der Waals surface area contributed by atoms with Gasteiger partial charge >= 0.3 is 6.03 Å². The minimum Gasteiger partial charge on any atom is -0.318 e. The molecule has 0 radical (unpaired) electrons. The van der Waals surface area contributed by atoms with Crippen LogP contribution < -0.4 is 0 Å². The molecule has 3 amide bonds. The van der Waals surface area contributed by atoms with Crippen molar-refractivity contribution < 1.29 is 9.59 Å². The van der Waals surface area contributed by atoms with Crippen molar-refractivity contribution in [2.75, 3.05) is 13.6 Å². The molecule has 0 spiro atoms. The molecule has 1 aromatic rings. The van der Waals surface area contributed by atoms with Crippen LogP contribution in [0, 0.1) is 0 Å². The van der Waals surface area contributed by atoms with E-state index in [-0.39, 0.29) is 25.0 Å². The molecule has 2 heterocycles. The van der Waals surface area contributed by atoms with Crippen molar-refractivity contribution in [3.05, 3.63) is 29.0 Å². The summed E-state index contributed by atoms with van der Waals surface area (Å²) in [6.45, 7) is 0.377. The largest absolute Gasteiger partial charge is 0.327 e. The lowest BCUT2D eigenvalue weighted by Gasteiger charge is -2.13. The third kappa shape index (κ3) is 1.99. The van der Waals surface area contributed by atoms with E-state index in [0.29, 0.717) is 5.15 Å². The first-order chi connectivity index (χ1) is 7.58. The van der Waals surface area contributed by atoms with Gasteiger partial charge in [0.2, 0.25) is 0 Å². The molecule has 2 rings (SSSR count). The summed E-state index contributed by atoms with van der Waals surface area (Å²) in [5.41, 5.74) is 0.789. The van der Waals surface area contributed by atoms with Crippen molar-refractivity contribution in [2.45, 2.75) is 6.54 Å². The fourth-order valence-corrected chi connectivity index (χ4v) is 1.74. The molecule has 0 saturated carbocycles. The Morgan fingerprint density at radius 2 is 2.25 bits per heavy atom. The summed E-state index contributed by atoms with van der Waals surface area (Å²) in [6, 6.07) is 3.09. The summed E-state index contributed by atoms with van der Waals surface area (Å²) in [4.78, 5) is 29.5. The number of likely N-dealkylation sites (N-methyl/N-ethyl adjacent to an activating group) is 1. The van der Waals surface area contributed by atoms with Crippen LogP contribution in [0.25, 0.3) is 0 Å². The molecular weight excluding hydrogens is 230 g/mol. The number of carbonyl (C=O) groups is 2. The number of hydrogen-bond donors (Lipinski definition) is 0. The Bertz CT molecular complexity index is 449. The Labute approximate surface area is 97.6 Å². The van der Waals surface area contributed by atoms with E-state index in [9.17, 15) is 9.59 Å². The number of amides is 3. The number of carbonyl (C=O) groups excluding carboxylic acids is 2. The van der Waals surface area contributed by atoms with Crippen LogP contribution in [0.15, 0.2) is 18.3 Å². The van der Waals surface area contributed by atoms with E-state index in [2.05, 4.69) is 4.98 Å². The van der Waals surface area contributed by atoms with Gasteiger partial charge in [-0.25, -0.2) is 9.78 Å². The number of imide groups is 1. The summed E-state index contributed by atoms with van der Waals surface area (Å²) >= 11 is 5.72. The molecule has 16 heavy (non-hydrogen) atoms. The van der Waals surface area contributed by atoms with E-state index in [4.69, 9.17) is 11.6 Å². The molecule has 0 aromatic carbocycles. The van der Waals surface area contributed by atoms with Crippen molar-refractivity contribution in [1.82, 2.24) is 14.8 Å². The highest BCUT2D eigenvalue weighted by molar-refractivity contribution is 6.29. The second-order valence-electron chi connectivity index (χ2n) is 3.61. The van der Waals surface area contributed by atoms with Crippen LogP contribution in [0.4, 0.5) is 4.79 Å². The van der Waals surface area contributed by atoms with Crippen molar-refractivity contribution >= 4 is 23.5 Å². The first-order valence-corrected chi connectivity index (χ1v) is 5.11. The maximum absolute atomic E-state index is 11.6. The van der Waals surface area contributed by atoms with E-state index in [0.717, 1.165) is 5.56 Å². The van der Waals surface area contributed by atoms with Crippen molar-refractivity contribution in [3.8, 4) is 0 Å². The summed E-state index contributed by atoms with van der Waals surface area (Å²) in [5.74, 6) is -0.194.